The minimum atomic E-state index is -1.03. The van der Waals surface area contributed by atoms with Gasteiger partial charge in [0.05, 0.1) is 26.0 Å². The van der Waals surface area contributed by atoms with E-state index < -0.39 is 11.5 Å². The Morgan fingerprint density at radius 2 is 1.75 bits per heavy atom. The topological polar surface area (TPSA) is 113 Å². The van der Waals surface area contributed by atoms with Crippen LogP contribution in [0, 0.1) is 0 Å². The third-order valence-corrected chi connectivity index (χ3v) is 9.25. The van der Waals surface area contributed by atoms with Crippen LogP contribution in [0.4, 0.5) is 5.13 Å². The van der Waals surface area contributed by atoms with Gasteiger partial charge in [0.1, 0.15) is 12.1 Å². The van der Waals surface area contributed by atoms with Gasteiger partial charge in [-0.15, -0.1) is 11.3 Å². The van der Waals surface area contributed by atoms with Gasteiger partial charge in [0.25, 0.3) is 5.91 Å². The van der Waals surface area contributed by atoms with Crippen LogP contribution in [0.1, 0.15) is 55.3 Å². The van der Waals surface area contributed by atoms with E-state index in [4.69, 9.17) is 9.72 Å². The van der Waals surface area contributed by atoms with Crippen molar-refractivity contribution in [2.45, 2.75) is 56.5 Å². The first-order valence-electron chi connectivity index (χ1n) is 14.3. The lowest BCUT2D eigenvalue weighted by Crippen LogP contribution is -2.60. The fourth-order valence-corrected chi connectivity index (χ4v) is 6.84. The molecule has 11 heteroatoms. The smallest absolute Gasteiger partial charge is 0.325 e. The number of amides is 2. The van der Waals surface area contributed by atoms with Crippen LogP contribution >= 0.6 is 11.3 Å². The summed E-state index contributed by atoms with van der Waals surface area (Å²) in [6, 6.07) is 8.00. The lowest BCUT2D eigenvalue weighted by Gasteiger charge is -2.40. The number of hydrogen-bond acceptors (Lipinski definition) is 9. The number of thiazole rings is 1. The second-order valence-corrected chi connectivity index (χ2v) is 11.7. The van der Waals surface area contributed by atoms with Gasteiger partial charge in [0.15, 0.2) is 5.13 Å². The molecule has 3 fully saturated rings. The number of hydrogen-bond donors (Lipinski definition) is 2. The monoisotopic (exact) mass is 569 g/mol. The van der Waals surface area contributed by atoms with Gasteiger partial charge in [0.2, 0.25) is 5.91 Å². The number of carbonyl (C=O) groups is 3. The van der Waals surface area contributed by atoms with Gasteiger partial charge >= 0.3 is 5.97 Å². The molecular formula is C29H39N5O5S. The second kappa shape index (κ2) is 13.1. The molecule has 2 aromatic rings. The molecule has 1 aliphatic carbocycles. The van der Waals surface area contributed by atoms with E-state index in [9.17, 15) is 14.4 Å². The molecule has 3 heterocycles. The maximum atomic E-state index is 13.2. The Kier molecular flexibility index (Phi) is 9.33. The summed E-state index contributed by atoms with van der Waals surface area (Å²) in [4.78, 5) is 47.6. The molecule has 2 saturated heterocycles. The summed E-state index contributed by atoms with van der Waals surface area (Å²) >= 11 is 1.66. The Labute approximate surface area is 239 Å². The van der Waals surface area contributed by atoms with Gasteiger partial charge in [-0.1, -0.05) is 31.4 Å². The summed E-state index contributed by atoms with van der Waals surface area (Å²) in [6.07, 6.45) is 6.04. The molecule has 1 aromatic heterocycles. The molecule has 40 heavy (non-hydrogen) atoms. The average Bonchev–Trinajstić information content (AvgIpc) is 3.51. The quantitative estimate of drug-likeness (QED) is 0.467. The minimum absolute atomic E-state index is 0.219. The first kappa shape index (κ1) is 28.5. The number of ether oxygens (including phenoxy) is 2. The maximum absolute atomic E-state index is 13.2. The molecule has 0 radical (unpaired) electrons. The zero-order chi connectivity index (χ0) is 28.0. The molecule has 216 valence electrons. The molecule has 0 unspecified atom stereocenters. The Morgan fingerprint density at radius 1 is 1.05 bits per heavy atom. The zero-order valence-corrected chi connectivity index (χ0v) is 24.0. The number of aromatic nitrogens is 1. The summed E-state index contributed by atoms with van der Waals surface area (Å²) in [5.41, 5.74) is 1.30. The van der Waals surface area contributed by atoms with Gasteiger partial charge in [0, 0.05) is 48.7 Å². The number of morpholine rings is 1. The Morgan fingerprint density at radius 3 is 2.42 bits per heavy atom. The van der Waals surface area contributed by atoms with Crippen LogP contribution in [-0.4, -0.2) is 92.3 Å². The largest absolute Gasteiger partial charge is 0.468 e. The van der Waals surface area contributed by atoms with Gasteiger partial charge in [-0.3, -0.25) is 19.3 Å². The van der Waals surface area contributed by atoms with Crippen LogP contribution < -0.4 is 15.5 Å². The second-order valence-electron chi connectivity index (χ2n) is 10.8. The number of nitrogens with zero attached hydrogens (tertiary/aromatic N) is 3. The SMILES string of the molecule is COC(=O)CNC(=O)C1(NC(=O)c2ccc(-c3csc(N4CCC(N5CCOCC5)CC4)n3)cc2)CCCCC1. The highest BCUT2D eigenvalue weighted by atomic mass is 32.1. The number of anilines is 1. The predicted octanol–water partition coefficient (Wildman–Crippen LogP) is 2.83. The van der Waals surface area contributed by atoms with Crippen molar-refractivity contribution in [3.05, 3.63) is 35.2 Å². The zero-order valence-electron chi connectivity index (χ0n) is 23.2. The molecule has 2 N–H and O–H groups in total. The van der Waals surface area contributed by atoms with Gasteiger partial charge < -0.3 is 25.0 Å². The van der Waals surface area contributed by atoms with Crippen molar-refractivity contribution < 1.29 is 23.9 Å². The van der Waals surface area contributed by atoms with Crippen molar-refractivity contribution in [3.8, 4) is 11.3 Å². The molecule has 0 atom stereocenters. The Balaban J connectivity index is 1.19. The number of methoxy groups -OCH3 is 1. The molecule has 0 spiro atoms. The molecule has 2 amide bonds. The van der Waals surface area contributed by atoms with Gasteiger partial charge in [-0.05, 0) is 37.8 Å². The van der Waals surface area contributed by atoms with Crippen LogP contribution in [0.2, 0.25) is 0 Å². The van der Waals surface area contributed by atoms with E-state index >= 15 is 0 Å². The number of piperidine rings is 1. The lowest BCUT2D eigenvalue weighted by molar-refractivity contribution is -0.142. The van der Waals surface area contributed by atoms with Crippen molar-refractivity contribution in [1.29, 1.82) is 0 Å². The van der Waals surface area contributed by atoms with Crippen molar-refractivity contribution in [2.24, 2.45) is 0 Å². The highest BCUT2D eigenvalue weighted by Gasteiger charge is 2.41. The highest BCUT2D eigenvalue weighted by molar-refractivity contribution is 7.14. The van der Waals surface area contributed by atoms with E-state index in [0.717, 1.165) is 87.9 Å². The molecular weight excluding hydrogens is 530 g/mol. The first-order valence-corrected chi connectivity index (χ1v) is 15.2. The molecule has 1 aromatic carbocycles. The van der Waals surface area contributed by atoms with E-state index in [1.165, 1.54) is 7.11 Å². The molecule has 3 aliphatic rings. The van der Waals surface area contributed by atoms with Crippen LogP contribution in [0.5, 0.6) is 0 Å². The van der Waals surface area contributed by atoms with Crippen molar-refractivity contribution in [2.75, 3.05) is 57.9 Å². The van der Waals surface area contributed by atoms with Crippen LogP contribution in [0.15, 0.2) is 29.6 Å². The minimum Gasteiger partial charge on any atom is -0.468 e. The lowest BCUT2D eigenvalue weighted by atomic mass is 9.80. The standard InChI is InChI=1S/C29H39N5O5S/c1-38-25(35)19-30-27(37)29(11-3-2-4-12-29)32-26(36)22-7-5-21(6-8-22)24-20-40-28(31-24)34-13-9-23(10-14-34)33-15-17-39-18-16-33/h5-8,20,23H,2-4,9-19H2,1H3,(H,30,37)(H,32,36). The maximum Gasteiger partial charge on any atom is 0.325 e. The molecule has 10 nitrogen and oxygen atoms in total. The van der Waals surface area contributed by atoms with E-state index in [2.05, 4.69) is 30.6 Å². The van der Waals surface area contributed by atoms with E-state index in [1.807, 2.05) is 12.1 Å². The summed E-state index contributed by atoms with van der Waals surface area (Å²) in [7, 11) is 1.28. The number of benzene rings is 1. The number of nitrogens with one attached hydrogen (secondary N) is 2. The third-order valence-electron chi connectivity index (χ3n) is 8.35. The normalized spacial score (nSPS) is 20.1. The van der Waals surface area contributed by atoms with Crippen LogP contribution in [-0.2, 0) is 19.1 Å². The Bertz CT molecular complexity index is 1170. The molecule has 0 bridgehead atoms. The molecule has 2 aliphatic heterocycles. The predicted molar refractivity (Wildman–Crippen MR) is 153 cm³/mol. The summed E-state index contributed by atoms with van der Waals surface area (Å²) < 4.78 is 10.1. The fraction of sp³-hybridized carbons (Fsp3) is 0.586. The number of rotatable bonds is 8. The van der Waals surface area contributed by atoms with E-state index in [0.29, 0.717) is 24.4 Å². The summed E-state index contributed by atoms with van der Waals surface area (Å²) in [5.74, 6) is -1.17. The summed E-state index contributed by atoms with van der Waals surface area (Å²) in [5, 5.41) is 8.73. The number of esters is 1. The molecule has 5 rings (SSSR count). The Hall–Kier alpha value is -3.02. The van der Waals surface area contributed by atoms with Crippen molar-refractivity contribution >= 4 is 34.3 Å². The number of carbonyl (C=O) groups excluding carboxylic acids is 3. The van der Waals surface area contributed by atoms with Crippen LogP contribution in [0.25, 0.3) is 11.3 Å². The van der Waals surface area contributed by atoms with Gasteiger partial charge in [-0.2, -0.15) is 0 Å². The fourth-order valence-electron chi connectivity index (χ4n) is 5.95. The van der Waals surface area contributed by atoms with E-state index in [-0.39, 0.29) is 18.4 Å². The third kappa shape index (κ3) is 6.64. The highest BCUT2D eigenvalue weighted by Crippen LogP contribution is 2.31. The average molecular weight is 570 g/mol. The van der Waals surface area contributed by atoms with Crippen molar-refractivity contribution in [1.82, 2.24) is 20.5 Å². The first-order chi connectivity index (χ1) is 19.5. The summed E-state index contributed by atoms with van der Waals surface area (Å²) in [6.45, 7) is 5.52. The molecule has 1 saturated carbocycles. The van der Waals surface area contributed by atoms with E-state index in [1.54, 1.807) is 23.5 Å². The van der Waals surface area contributed by atoms with Crippen LogP contribution in [0.3, 0.4) is 0 Å². The van der Waals surface area contributed by atoms with Gasteiger partial charge in [-0.25, -0.2) is 4.98 Å². The van der Waals surface area contributed by atoms with Crippen molar-refractivity contribution in [3.63, 3.8) is 0 Å².